The summed E-state index contributed by atoms with van der Waals surface area (Å²) in [5.41, 5.74) is 5.11. The maximum Gasteiger partial charge on any atom is 0.233 e. The van der Waals surface area contributed by atoms with Crippen LogP contribution < -0.4 is 4.74 Å². The fraction of sp³-hybridized carbons (Fsp3) is 0.185. The minimum atomic E-state index is 0.265. The number of aromatic nitrogens is 3. The van der Waals surface area contributed by atoms with Crippen LogP contribution in [0.5, 0.6) is 5.88 Å². The number of rotatable bonds is 6. The first kappa shape index (κ1) is 21.7. The fourth-order valence-electron chi connectivity index (χ4n) is 4.02. The van der Waals surface area contributed by atoms with Crippen molar-refractivity contribution < 1.29 is 4.74 Å². The van der Waals surface area contributed by atoms with Gasteiger partial charge in [0.25, 0.3) is 0 Å². The summed E-state index contributed by atoms with van der Waals surface area (Å²) in [5.74, 6) is 0.857. The molecule has 33 heavy (non-hydrogen) atoms. The summed E-state index contributed by atoms with van der Waals surface area (Å²) in [6, 6.07) is 24.1. The van der Waals surface area contributed by atoms with E-state index in [1.807, 2.05) is 41.1 Å². The van der Waals surface area contributed by atoms with Gasteiger partial charge in [0.2, 0.25) is 5.88 Å². The second-order valence-corrected chi connectivity index (χ2v) is 9.15. The van der Waals surface area contributed by atoms with Gasteiger partial charge in [-0.15, -0.1) is 5.10 Å². The number of halogens is 2. The molecule has 0 amide bonds. The zero-order valence-corrected chi connectivity index (χ0v) is 19.9. The lowest BCUT2D eigenvalue weighted by atomic mass is 10.0. The van der Waals surface area contributed by atoms with Gasteiger partial charge in [-0.25, -0.2) is 9.67 Å². The Bertz CT molecular complexity index is 1460. The number of nitrogens with zero attached hydrogens (tertiary/aromatic N) is 3. The van der Waals surface area contributed by atoms with E-state index in [4.69, 9.17) is 32.9 Å². The average molecular weight is 476 g/mol. The third-order valence-electron chi connectivity index (χ3n) is 5.73. The van der Waals surface area contributed by atoms with Crippen LogP contribution in [0.25, 0.3) is 27.5 Å². The van der Waals surface area contributed by atoms with Gasteiger partial charge in [-0.3, -0.25) is 0 Å². The molecule has 0 aliphatic carbocycles. The monoisotopic (exact) mass is 475 g/mol. The lowest BCUT2D eigenvalue weighted by molar-refractivity contribution is 0.308. The molecule has 3 aromatic carbocycles. The maximum atomic E-state index is 6.23. The molecule has 0 saturated heterocycles. The molecule has 0 fully saturated rings. The van der Waals surface area contributed by atoms with Crippen molar-refractivity contribution in [3.63, 3.8) is 0 Å². The van der Waals surface area contributed by atoms with E-state index in [1.54, 1.807) is 6.07 Å². The molecule has 0 spiro atoms. The van der Waals surface area contributed by atoms with E-state index in [-0.39, 0.29) is 5.92 Å². The van der Waals surface area contributed by atoms with Gasteiger partial charge in [0.15, 0.2) is 0 Å². The Hall–Kier alpha value is -3.08. The van der Waals surface area contributed by atoms with Crippen molar-refractivity contribution >= 4 is 45.0 Å². The molecule has 0 radical (unpaired) electrons. The van der Waals surface area contributed by atoms with Crippen molar-refractivity contribution in [2.24, 2.45) is 0 Å². The molecule has 6 heteroatoms. The molecule has 0 saturated carbocycles. The molecule has 0 aliphatic heterocycles. The van der Waals surface area contributed by atoms with Crippen LogP contribution in [-0.4, -0.2) is 21.4 Å². The van der Waals surface area contributed by atoms with E-state index >= 15 is 0 Å². The van der Waals surface area contributed by atoms with E-state index in [1.165, 1.54) is 5.56 Å². The predicted octanol–water partition coefficient (Wildman–Crippen LogP) is 7.63. The summed E-state index contributed by atoms with van der Waals surface area (Å²) < 4.78 is 7.95. The zero-order valence-electron chi connectivity index (χ0n) is 18.4. The van der Waals surface area contributed by atoms with E-state index in [0.717, 1.165) is 39.6 Å². The van der Waals surface area contributed by atoms with Crippen LogP contribution in [0.15, 0.2) is 72.8 Å². The van der Waals surface area contributed by atoms with Crippen molar-refractivity contribution in [1.82, 2.24) is 14.8 Å². The van der Waals surface area contributed by atoms with Gasteiger partial charge in [0.05, 0.1) is 39.1 Å². The van der Waals surface area contributed by atoms with Crippen LogP contribution in [0.4, 0.5) is 0 Å². The number of pyridine rings is 1. The Kier molecular flexibility index (Phi) is 5.96. The normalized spacial score (nSPS) is 11.5. The largest absolute Gasteiger partial charge is 0.476 e. The van der Waals surface area contributed by atoms with Gasteiger partial charge >= 0.3 is 0 Å². The van der Waals surface area contributed by atoms with Crippen molar-refractivity contribution in [1.29, 1.82) is 0 Å². The summed E-state index contributed by atoms with van der Waals surface area (Å²) in [6.07, 6.45) is 0.758. The van der Waals surface area contributed by atoms with Crippen LogP contribution in [0.2, 0.25) is 10.0 Å². The lowest BCUT2D eigenvalue weighted by Gasteiger charge is -2.10. The standard InChI is InChI=1S/C27H23Cl2N3O/c1-17(2)26-16-27(31-32(26)20-10-11-22(28)23(29)15-20)33-13-12-18-7-5-9-25-21(18)14-19-6-3-4-8-24(19)30-25/h3-11,14-17H,12-13H2,1-2H3. The number of para-hydroxylation sites is 1. The summed E-state index contributed by atoms with van der Waals surface area (Å²) in [7, 11) is 0. The summed E-state index contributed by atoms with van der Waals surface area (Å²) >= 11 is 12.3. The van der Waals surface area contributed by atoms with Crippen LogP contribution in [0.3, 0.4) is 0 Å². The highest BCUT2D eigenvalue weighted by molar-refractivity contribution is 6.42. The molecule has 166 valence electrons. The molecule has 2 aromatic heterocycles. The highest BCUT2D eigenvalue weighted by atomic mass is 35.5. The Morgan fingerprint density at radius 2 is 1.70 bits per heavy atom. The minimum absolute atomic E-state index is 0.265. The van der Waals surface area contributed by atoms with Crippen LogP contribution in [-0.2, 0) is 6.42 Å². The molecule has 0 unspecified atom stereocenters. The van der Waals surface area contributed by atoms with Crippen LogP contribution in [0, 0.1) is 0 Å². The van der Waals surface area contributed by atoms with Gasteiger partial charge in [0.1, 0.15) is 0 Å². The molecular formula is C27H23Cl2N3O. The first-order valence-electron chi connectivity index (χ1n) is 10.9. The molecule has 4 nitrogen and oxygen atoms in total. The molecule has 0 bridgehead atoms. The van der Waals surface area contributed by atoms with E-state index in [2.05, 4.69) is 49.3 Å². The summed E-state index contributed by atoms with van der Waals surface area (Å²) in [6.45, 7) is 4.77. The second kappa shape index (κ2) is 9.05. The van der Waals surface area contributed by atoms with Crippen molar-refractivity contribution in [3.8, 4) is 11.6 Å². The van der Waals surface area contributed by atoms with Crippen LogP contribution in [0.1, 0.15) is 31.0 Å². The maximum absolute atomic E-state index is 6.23. The average Bonchev–Trinajstić information content (AvgIpc) is 3.24. The Labute approximate surface area is 202 Å². The first-order chi connectivity index (χ1) is 16.0. The van der Waals surface area contributed by atoms with Gasteiger partial charge in [-0.2, -0.15) is 0 Å². The summed E-state index contributed by atoms with van der Waals surface area (Å²) in [4.78, 5) is 4.81. The molecule has 2 heterocycles. The fourth-order valence-corrected chi connectivity index (χ4v) is 4.31. The molecule has 0 atom stereocenters. The predicted molar refractivity (Wildman–Crippen MR) is 136 cm³/mol. The number of hydrogen-bond acceptors (Lipinski definition) is 3. The molecule has 0 aliphatic rings. The van der Waals surface area contributed by atoms with Crippen molar-refractivity contribution in [2.75, 3.05) is 6.61 Å². The van der Waals surface area contributed by atoms with E-state index in [9.17, 15) is 0 Å². The van der Waals surface area contributed by atoms with Gasteiger partial charge in [0, 0.05) is 23.3 Å². The Balaban J connectivity index is 1.38. The number of ether oxygens (including phenoxy) is 1. The third kappa shape index (κ3) is 4.41. The minimum Gasteiger partial charge on any atom is -0.476 e. The smallest absolute Gasteiger partial charge is 0.233 e. The summed E-state index contributed by atoms with van der Waals surface area (Å²) in [5, 5.41) is 8.00. The topological polar surface area (TPSA) is 39.9 Å². The SMILES string of the molecule is CC(C)c1cc(OCCc2cccc3nc4ccccc4cc23)nn1-c1ccc(Cl)c(Cl)c1. The quantitative estimate of drug-likeness (QED) is 0.237. The van der Waals surface area contributed by atoms with Crippen molar-refractivity contribution in [3.05, 3.63) is 94.1 Å². The molecule has 5 rings (SSSR count). The van der Waals surface area contributed by atoms with E-state index in [0.29, 0.717) is 22.5 Å². The van der Waals surface area contributed by atoms with Gasteiger partial charge < -0.3 is 4.74 Å². The first-order valence-corrected chi connectivity index (χ1v) is 11.7. The zero-order chi connectivity index (χ0) is 22.9. The molecular weight excluding hydrogens is 453 g/mol. The molecule has 0 N–H and O–H groups in total. The number of benzene rings is 3. The van der Waals surface area contributed by atoms with Gasteiger partial charge in [-0.1, -0.05) is 67.4 Å². The Morgan fingerprint density at radius 1 is 0.879 bits per heavy atom. The third-order valence-corrected chi connectivity index (χ3v) is 6.47. The highest BCUT2D eigenvalue weighted by Crippen LogP contribution is 2.29. The van der Waals surface area contributed by atoms with Crippen LogP contribution >= 0.6 is 23.2 Å². The highest BCUT2D eigenvalue weighted by Gasteiger charge is 2.15. The Morgan fingerprint density at radius 3 is 2.52 bits per heavy atom. The van der Waals surface area contributed by atoms with E-state index < -0.39 is 0 Å². The van der Waals surface area contributed by atoms with Gasteiger partial charge in [-0.05, 0) is 47.9 Å². The van der Waals surface area contributed by atoms with Crippen molar-refractivity contribution in [2.45, 2.75) is 26.2 Å². The second-order valence-electron chi connectivity index (χ2n) is 8.34. The number of fused-ring (bicyclic) bond motifs is 2. The number of hydrogen-bond donors (Lipinski definition) is 0. The lowest BCUT2D eigenvalue weighted by Crippen LogP contribution is -2.05. The molecule has 5 aromatic rings.